The van der Waals surface area contributed by atoms with Crippen molar-refractivity contribution in [2.24, 2.45) is 0 Å². The predicted octanol–water partition coefficient (Wildman–Crippen LogP) is -3.01. The van der Waals surface area contributed by atoms with E-state index in [0.717, 1.165) is 6.92 Å². The van der Waals surface area contributed by atoms with E-state index in [-0.39, 0.29) is 0 Å². The maximum Gasteiger partial charge on any atom is 0.871 e. The monoisotopic (exact) mass is 476 g/mol. The molecule has 0 saturated carbocycles. The van der Waals surface area contributed by atoms with E-state index >= 15 is 0 Å². The van der Waals surface area contributed by atoms with Gasteiger partial charge >= 0.3 is 17.4 Å². The Balaban J connectivity index is 8.34. The van der Waals surface area contributed by atoms with E-state index in [2.05, 4.69) is 0 Å². The van der Waals surface area contributed by atoms with Crippen LogP contribution in [0.2, 0.25) is 0 Å². The third-order valence-corrected chi connectivity index (χ3v) is 3.72. The van der Waals surface area contributed by atoms with E-state index < -0.39 is 75.0 Å². The fraction of sp³-hybridized carbons (Fsp3) is 1.00. The minimum atomic E-state index is -6.18. The van der Waals surface area contributed by atoms with Crippen LogP contribution < -0.4 is 5.32 Å². The van der Waals surface area contributed by atoms with Crippen molar-refractivity contribution in [1.82, 2.24) is 10.3 Å². The van der Waals surface area contributed by atoms with Crippen molar-refractivity contribution in [3.05, 3.63) is 80.9 Å². The second-order valence-electron chi connectivity index (χ2n) is 5.17. The Morgan fingerprint density at radius 3 is 1.16 bits per heavy atom. The SMILES string of the molecule is CCNCC(N([N+](=O)[O-])C([N+](=O)[O-])([N+](=O)[O-])C([N+](=O)[O-])([N+](=O)[O-])[N+](=O)[O-])([N+](=O)[O-])[N+](=O)[O-]. The number of hydrazine groups is 1. The molecular weight excluding hydrogens is 468 g/mol. The van der Waals surface area contributed by atoms with Gasteiger partial charge in [-0.1, -0.05) is 6.92 Å². The molecule has 0 rings (SSSR count). The molecule has 0 unspecified atom stereocenters. The number of nitro groups is 8. The van der Waals surface area contributed by atoms with E-state index in [9.17, 15) is 80.9 Å². The lowest BCUT2D eigenvalue weighted by Gasteiger charge is -2.25. The van der Waals surface area contributed by atoms with Crippen LogP contribution in [0.5, 0.6) is 0 Å². The molecule has 0 bridgehead atoms. The maximum absolute atomic E-state index is 11.6. The Morgan fingerprint density at radius 1 is 0.625 bits per heavy atom. The number of nitrogens with one attached hydrogen (secondary N) is 1. The first-order chi connectivity index (χ1) is 14.5. The van der Waals surface area contributed by atoms with Gasteiger partial charge in [0, 0.05) is 0 Å². The van der Waals surface area contributed by atoms with Gasteiger partial charge in [0.25, 0.3) is 0 Å². The summed E-state index contributed by atoms with van der Waals surface area (Å²) >= 11 is 0. The molecule has 0 aliphatic heterocycles. The third-order valence-electron chi connectivity index (χ3n) is 3.72. The first-order valence-electron chi connectivity index (χ1n) is 7.15. The summed E-state index contributed by atoms with van der Waals surface area (Å²) in [5.74, 6) is -17.3. The highest BCUT2D eigenvalue weighted by Crippen LogP contribution is 2.39. The molecule has 0 atom stereocenters. The Bertz CT molecular complexity index is 834. The zero-order valence-electron chi connectivity index (χ0n) is 15.0. The molecule has 0 heterocycles. The Hall–Kier alpha value is -5.04. The summed E-state index contributed by atoms with van der Waals surface area (Å²) in [6.45, 7) is -1.58. The molecule has 0 aliphatic carbocycles. The molecule has 0 aliphatic rings. The normalized spacial score (nSPS) is 11.8. The molecular formula is C6H8N10O16. The molecule has 26 nitrogen and oxygen atoms in total. The summed E-state index contributed by atoms with van der Waals surface area (Å²) < 4.78 is 0. The highest BCUT2D eigenvalue weighted by atomic mass is 16.8. The number of rotatable bonds is 14. The van der Waals surface area contributed by atoms with Gasteiger partial charge in [-0.3, -0.25) is 70.8 Å². The summed E-state index contributed by atoms with van der Waals surface area (Å²) in [4.78, 5) is 72.0. The van der Waals surface area contributed by atoms with Crippen molar-refractivity contribution in [3.8, 4) is 0 Å². The highest BCUT2D eigenvalue weighted by molar-refractivity contribution is 4.81. The standard InChI is InChI=1S/C6H8N10O16/c1-2-7-3-4(9(17)18,10(19)20)8(16(31)32)5(11(21)22,12(23)24)6(13(25)26,14(27)28)15(29)30/h7H,2-3H2,1H3. The van der Waals surface area contributed by atoms with Gasteiger partial charge in [0.2, 0.25) is 0 Å². The summed E-state index contributed by atoms with van der Waals surface area (Å²) in [6, 6.07) is 0. The van der Waals surface area contributed by atoms with Gasteiger partial charge in [-0.25, -0.2) is 10.1 Å². The lowest BCUT2D eigenvalue weighted by Crippen LogP contribution is -2.87. The van der Waals surface area contributed by atoms with Gasteiger partial charge in [-0.05, 0) is 6.54 Å². The van der Waals surface area contributed by atoms with Gasteiger partial charge in [0.1, 0.15) is 9.85 Å². The summed E-state index contributed by atoms with van der Waals surface area (Å²) in [7, 11) is 0. The van der Waals surface area contributed by atoms with Crippen molar-refractivity contribution in [1.29, 1.82) is 0 Å². The van der Waals surface area contributed by atoms with Crippen LogP contribution in [0.4, 0.5) is 0 Å². The van der Waals surface area contributed by atoms with Gasteiger partial charge in [-0.2, -0.15) is 0 Å². The second-order valence-corrected chi connectivity index (χ2v) is 5.17. The van der Waals surface area contributed by atoms with Crippen LogP contribution in [0.25, 0.3) is 0 Å². The van der Waals surface area contributed by atoms with Crippen LogP contribution in [0.1, 0.15) is 6.92 Å². The first-order valence-corrected chi connectivity index (χ1v) is 7.15. The van der Waals surface area contributed by atoms with E-state index in [1.165, 1.54) is 0 Å². The second kappa shape index (κ2) is 8.76. The zero-order valence-corrected chi connectivity index (χ0v) is 15.0. The molecule has 0 fully saturated rings. The molecule has 32 heavy (non-hydrogen) atoms. The maximum atomic E-state index is 11.6. The average molecular weight is 476 g/mol. The van der Waals surface area contributed by atoms with Gasteiger partial charge in [0.05, 0.1) is 0 Å². The minimum absolute atomic E-state index is 0.552. The molecule has 0 aromatic rings. The van der Waals surface area contributed by atoms with E-state index in [1.54, 1.807) is 5.32 Å². The van der Waals surface area contributed by atoms with E-state index in [4.69, 9.17) is 0 Å². The summed E-state index contributed by atoms with van der Waals surface area (Å²) in [5, 5.41) is 88.1. The van der Waals surface area contributed by atoms with Crippen molar-refractivity contribution in [2.75, 3.05) is 13.1 Å². The summed E-state index contributed by atoms with van der Waals surface area (Å²) in [6.07, 6.45) is 0. The highest BCUT2D eigenvalue weighted by Gasteiger charge is 3.14. The lowest BCUT2D eigenvalue weighted by atomic mass is 10.1. The molecule has 0 radical (unpaired) electrons. The van der Waals surface area contributed by atoms with Crippen molar-refractivity contribution < 1.29 is 39.5 Å². The number of nitrogens with zero attached hydrogens (tertiary/aromatic N) is 9. The van der Waals surface area contributed by atoms with Crippen LogP contribution in [0.15, 0.2) is 0 Å². The van der Waals surface area contributed by atoms with Crippen molar-refractivity contribution >= 4 is 0 Å². The first kappa shape index (κ1) is 27.0. The molecule has 0 aromatic heterocycles. The average Bonchev–Trinajstić information content (AvgIpc) is 2.61. The van der Waals surface area contributed by atoms with Crippen LogP contribution in [0, 0.1) is 80.9 Å². The smallest absolute Gasteiger partial charge is 0.302 e. The number of hydrogen-bond acceptors (Lipinski definition) is 17. The van der Waals surface area contributed by atoms with Crippen LogP contribution in [-0.4, -0.2) is 75.0 Å². The molecule has 178 valence electrons. The summed E-state index contributed by atoms with van der Waals surface area (Å²) in [5.41, 5.74) is 0. The van der Waals surface area contributed by atoms with Crippen LogP contribution in [-0.2, 0) is 0 Å². The quantitative estimate of drug-likeness (QED) is 0.148. The predicted molar refractivity (Wildman–Crippen MR) is 84.5 cm³/mol. The molecule has 26 heteroatoms. The molecule has 0 aromatic carbocycles. The minimum Gasteiger partial charge on any atom is -0.302 e. The fourth-order valence-corrected chi connectivity index (χ4v) is 2.39. The van der Waals surface area contributed by atoms with Gasteiger partial charge in [0.15, 0.2) is 41.2 Å². The van der Waals surface area contributed by atoms with E-state index in [1.807, 2.05) is 0 Å². The molecule has 1 N–H and O–H groups in total. The Kier molecular flexibility index (Phi) is 7.38. The molecule has 0 amide bonds. The van der Waals surface area contributed by atoms with E-state index in [0.29, 0.717) is 0 Å². The zero-order chi connectivity index (χ0) is 25.8. The number of hydrogen-bond donors (Lipinski definition) is 1. The number of likely N-dealkylation sites (N-methyl/N-ethyl adjacent to an activating group) is 1. The van der Waals surface area contributed by atoms with Crippen molar-refractivity contribution in [2.45, 2.75) is 24.3 Å². The van der Waals surface area contributed by atoms with Crippen LogP contribution >= 0.6 is 0 Å². The van der Waals surface area contributed by atoms with Crippen LogP contribution in [0.3, 0.4) is 0 Å². The molecule has 0 spiro atoms. The fourth-order valence-electron chi connectivity index (χ4n) is 2.39. The Labute approximate surface area is 169 Å². The topological polar surface area (TPSA) is 360 Å². The van der Waals surface area contributed by atoms with Gasteiger partial charge < -0.3 is 5.32 Å². The van der Waals surface area contributed by atoms with Crippen molar-refractivity contribution in [3.63, 3.8) is 0 Å². The third kappa shape index (κ3) is 3.20. The lowest BCUT2D eigenvalue weighted by molar-refractivity contribution is -1.10. The molecule has 0 saturated heterocycles. The van der Waals surface area contributed by atoms with Gasteiger partial charge in [-0.15, -0.1) is 0 Å². The Morgan fingerprint density at radius 2 is 0.969 bits per heavy atom. The largest absolute Gasteiger partial charge is 0.871 e.